The normalized spacial score (nSPS) is 45.8. The molecule has 0 heterocycles. The summed E-state index contributed by atoms with van der Waals surface area (Å²) in [4.78, 5) is 11.3. The summed E-state index contributed by atoms with van der Waals surface area (Å²) in [5.74, 6) is 0.603. The zero-order valence-electron chi connectivity index (χ0n) is 8.25. The Labute approximate surface area is 79.3 Å². The van der Waals surface area contributed by atoms with Crippen LogP contribution in [-0.2, 0) is 4.79 Å². The smallest absolute Gasteiger partial charge is 0.133 e. The maximum Gasteiger partial charge on any atom is 0.133 e. The molecule has 2 nitrogen and oxygen atoms in total. The molecular weight excluding hydrogens is 164 g/mol. The molecule has 13 heavy (non-hydrogen) atoms. The second kappa shape index (κ2) is 3.09. The van der Waals surface area contributed by atoms with Crippen LogP contribution in [0.5, 0.6) is 0 Å². The fraction of sp³-hybridized carbons (Fsp3) is 0.909. The number of carbonyl (C=O) groups excluding carboxylic acids is 1. The van der Waals surface area contributed by atoms with Gasteiger partial charge in [0.05, 0.1) is 6.10 Å². The van der Waals surface area contributed by atoms with Gasteiger partial charge in [0.15, 0.2) is 0 Å². The Kier molecular flexibility index (Phi) is 2.18. The van der Waals surface area contributed by atoms with Crippen LogP contribution in [0.25, 0.3) is 0 Å². The highest BCUT2D eigenvalue weighted by Gasteiger charge is 2.44. The first-order chi connectivity index (χ1) is 6.12. The topological polar surface area (TPSA) is 37.3 Å². The van der Waals surface area contributed by atoms with Gasteiger partial charge in [-0.05, 0) is 30.6 Å². The highest BCUT2D eigenvalue weighted by Crippen LogP contribution is 2.49. The highest BCUT2D eigenvalue weighted by molar-refractivity contribution is 5.79. The summed E-state index contributed by atoms with van der Waals surface area (Å²) < 4.78 is 0. The fourth-order valence-electron chi connectivity index (χ4n) is 3.03. The minimum atomic E-state index is -0.219. The first-order valence-electron chi connectivity index (χ1n) is 5.32. The number of aliphatic hydroxyl groups is 1. The van der Waals surface area contributed by atoms with Crippen molar-refractivity contribution < 1.29 is 9.90 Å². The average Bonchev–Trinajstić information content (AvgIpc) is 2.08. The Morgan fingerprint density at radius 1 is 1.46 bits per heavy atom. The van der Waals surface area contributed by atoms with Gasteiger partial charge in [0.1, 0.15) is 5.78 Å². The van der Waals surface area contributed by atoms with Gasteiger partial charge in [-0.1, -0.05) is 13.3 Å². The summed E-state index contributed by atoms with van der Waals surface area (Å²) in [6, 6.07) is 0. The van der Waals surface area contributed by atoms with Crippen LogP contribution < -0.4 is 0 Å². The van der Waals surface area contributed by atoms with E-state index in [1.165, 1.54) is 6.42 Å². The van der Waals surface area contributed by atoms with Crippen LogP contribution in [0.1, 0.15) is 45.4 Å². The lowest BCUT2D eigenvalue weighted by Crippen LogP contribution is -2.44. The van der Waals surface area contributed by atoms with E-state index in [9.17, 15) is 9.90 Å². The van der Waals surface area contributed by atoms with Gasteiger partial charge >= 0.3 is 0 Å². The molecule has 0 amide bonds. The second-order valence-corrected chi connectivity index (χ2v) is 4.96. The molecule has 2 heteroatoms. The van der Waals surface area contributed by atoms with E-state index in [1.807, 2.05) is 0 Å². The summed E-state index contributed by atoms with van der Waals surface area (Å²) in [7, 11) is 0. The molecule has 0 aromatic carbocycles. The lowest BCUT2D eigenvalue weighted by atomic mass is 9.59. The molecule has 0 radical (unpaired) electrons. The molecule has 0 aliphatic heterocycles. The van der Waals surface area contributed by atoms with E-state index in [1.54, 1.807) is 0 Å². The molecule has 74 valence electrons. The Hall–Kier alpha value is -0.370. The van der Waals surface area contributed by atoms with Gasteiger partial charge in [-0.3, -0.25) is 4.79 Å². The third kappa shape index (κ3) is 1.52. The average molecular weight is 182 g/mol. The van der Waals surface area contributed by atoms with Crippen molar-refractivity contribution in [1.82, 2.24) is 0 Å². The van der Waals surface area contributed by atoms with Gasteiger partial charge in [-0.2, -0.15) is 0 Å². The summed E-state index contributed by atoms with van der Waals surface area (Å²) in [6.07, 6.45) is 5.35. The maximum absolute atomic E-state index is 11.3. The third-order valence-electron chi connectivity index (χ3n) is 4.03. The highest BCUT2D eigenvalue weighted by atomic mass is 16.3. The minimum absolute atomic E-state index is 0.219. The second-order valence-electron chi connectivity index (χ2n) is 4.96. The third-order valence-corrected chi connectivity index (χ3v) is 4.03. The molecular formula is C11H18O2. The van der Waals surface area contributed by atoms with Crippen molar-refractivity contribution in [3.63, 3.8) is 0 Å². The molecule has 3 atom stereocenters. The molecule has 2 aliphatic rings. The van der Waals surface area contributed by atoms with Crippen molar-refractivity contribution in [2.24, 2.45) is 11.3 Å². The van der Waals surface area contributed by atoms with E-state index in [2.05, 4.69) is 6.92 Å². The lowest BCUT2D eigenvalue weighted by Gasteiger charge is -2.47. The zero-order valence-corrected chi connectivity index (χ0v) is 8.25. The predicted molar refractivity (Wildman–Crippen MR) is 50.3 cm³/mol. The first-order valence-corrected chi connectivity index (χ1v) is 5.32. The molecule has 2 saturated carbocycles. The SMILES string of the molecule is CC12CCCC(O)C1CC(=O)CC2. The van der Waals surface area contributed by atoms with Crippen molar-refractivity contribution >= 4 is 5.78 Å². The van der Waals surface area contributed by atoms with Crippen LogP contribution in [0.4, 0.5) is 0 Å². The first kappa shape index (κ1) is 9.20. The van der Waals surface area contributed by atoms with Gasteiger partial charge in [0.25, 0.3) is 0 Å². The molecule has 2 fully saturated rings. The Morgan fingerprint density at radius 2 is 2.23 bits per heavy atom. The van der Waals surface area contributed by atoms with E-state index in [0.29, 0.717) is 12.2 Å². The molecule has 2 aliphatic carbocycles. The Balaban J connectivity index is 2.17. The zero-order chi connectivity index (χ0) is 9.47. The summed E-state index contributed by atoms with van der Waals surface area (Å²) in [5.41, 5.74) is 0.256. The fourth-order valence-corrected chi connectivity index (χ4v) is 3.03. The van der Waals surface area contributed by atoms with Crippen LogP contribution in [0.2, 0.25) is 0 Å². The number of ketones is 1. The summed E-state index contributed by atoms with van der Waals surface area (Å²) in [6.45, 7) is 2.24. The van der Waals surface area contributed by atoms with Gasteiger partial charge < -0.3 is 5.11 Å². The van der Waals surface area contributed by atoms with Crippen LogP contribution in [0, 0.1) is 11.3 Å². The van der Waals surface area contributed by atoms with Crippen LogP contribution >= 0.6 is 0 Å². The van der Waals surface area contributed by atoms with Crippen molar-refractivity contribution in [2.45, 2.75) is 51.6 Å². The standard InChI is InChI=1S/C11H18O2/c1-11-5-2-3-10(13)9(11)7-8(12)4-6-11/h9-10,13H,2-7H2,1H3. The Bertz CT molecular complexity index is 224. The molecule has 0 aromatic heterocycles. The van der Waals surface area contributed by atoms with E-state index in [4.69, 9.17) is 0 Å². The van der Waals surface area contributed by atoms with Crippen molar-refractivity contribution in [2.75, 3.05) is 0 Å². The Morgan fingerprint density at radius 3 is 3.00 bits per heavy atom. The predicted octanol–water partition coefficient (Wildman–Crippen LogP) is 1.91. The van der Waals surface area contributed by atoms with Crippen molar-refractivity contribution in [1.29, 1.82) is 0 Å². The van der Waals surface area contributed by atoms with Crippen LogP contribution in [-0.4, -0.2) is 17.0 Å². The number of aliphatic hydroxyl groups excluding tert-OH is 1. The number of hydrogen-bond donors (Lipinski definition) is 1. The molecule has 1 N–H and O–H groups in total. The van der Waals surface area contributed by atoms with Crippen LogP contribution in [0.15, 0.2) is 0 Å². The number of rotatable bonds is 0. The lowest BCUT2D eigenvalue weighted by molar-refractivity contribution is -0.131. The molecule has 0 saturated heterocycles. The summed E-state index contributed by atoms with van der Waals surface area (Å²) in [5, 5.41) is 9.84. The van der Waals surface area contributed by atoms with Gasteiger partial charge in [0.2, 0.25) is 0 Å². The minimum Gasteiger partial charge on any atom is -0.393 e. The van der Waals surface area contributed by atoms with E-state index < -0.39 is 0 Å². The number of carbonyl (C=O) groups is 1. The molecule has 0 aromatic rings. The summed E-state index contributed by atoms with van der Waals surface area (Å²) >= 11 is 0. The monoisotopic (exact) mass is 182 g/mol. The van der Waals surface area contributed by atoms with E-state index in [-0.39, 0.29) is 17.4 Å². The number of hydrogen-bond acceptors (Lipinski definition) is 2. The molecule has 0 bridgehead atoms. The van der Waals surface area contributed by atoms with Crippen LogP contribution in [0.3, 0.4) is 0 Å². The van der Waals surface area contributed by atoms with Gasteiger partial charge in [-0.15, -0.1) is 0 Å². The van der Waals surface area contributed by atoms with E-state index >= 15 is 0 Å². The number of fused-ring (bicyclic) bond motifs is 1. The molecule has 3 unspecified atom stereocenters. The van der Waals surface area contributed by atoms with Gasteiger partial charge in [-0.25, -0.2) is 0 Å². The van der Waals surface area contributed by atoms with Gasteiger partial charge in [0, 0.05) is 12.8 Å². The largest absolute Gasteiger partial charge is 0.393 e. The molecule has 0 spiro atoms. The number of Topliss-reactive ketones (excluding diaryl/α,β-unsaturated/α-hetero) is 1. The van der Waals surface area contributed by atoms with E-state index in [0.717, 1.165) is 25.7 Å². The molecule has 2 rings (SSSR count). The quantitative estimate of drug-likeness (QED) is 0.621. The maximum atomic E-state index is 11.3. The van der Waals surface area contributed by atoms with Crippen molar-refractivity contribution in [3.8, 4) is 0 Å². The van der Waals surface area contributed by atoms with Crippen molar-refractivity contribution in [3.05, 3.63) is 0 Å².